The highest BCUT2D eigenvalue weighted by Gasteiger charge is 2.60. The highest BCUT2D eigenvalue weighted by atomic mass is 32.2. The van der Waals surface area contributed by atoms with Gasteiger partial charge in [0.15, 0.2) is 0 Å². The summed E-state index contributed by atoms with van der Waals surface area (Å²) in [4.78, 5) is 19.5. The highest BCUT2D eigenvalue weighted by molar-refractivity contribution is 7.89. The highest BCUT2D eigenvalue weighted by Crippen LogP contribution is 2.57. The fraction of sp³-hybridized carbons (Fsp3) is 0.360. The van der Waals surface area contributed by atoms with Crippen LogP contribution in [0.5, 0.6) is 0 Å². The molecule has 1 N–H and O–H groups in total. The van der Waals surface area contributed by atoms with E-state index < -0.39 is 10.0 Å². The number of amides is 1. The molecule has 0 bridgehead atoms. The van der Waals surface area contributed by atoms with E-state index in [0.29, 0.717) is 12.1 Å². The summed E-state index contributed by atoms with van der Waals surface area (Å²) in [6.45, 7) is 0.508. The lowest BCUT2D eigenvalue weighted by Crippen LogP contribution is -2.64. The Morgan fingerprint density at radius 3 is 2.50 bits per heavy atom. The number of carbonyl (C=O) groups excluding carboxylic acids is 1. The molecule has 1 amide bonds. The average molecular weight is 450 g/mol. The van der Waals surface area contributed by atoms with E-state index in [0.717, 1.165) is 36.6 Å². The van der Waals surface area contributed by atoms with Gasteiger partial charge in [-0.3, -0.25) is 9.78 Å². The van der Waals surface area contributed by atoms with Crippen molar-refractivity contribution in [3.8, 4) is 0 Å². The van der Waals surface area contributed by atoms with E-state index in [4.69, 9.17) is 0 Å². The van der Waals surface area contributed by atoms with Crippen molar-refractivity contribution in [3.63, 3.8) is 0 Å². The van der Waals surface area contributed by atoms with E-state index in [1.807, 2.05) is 35.2 Å². The number of fused-ring (bicyclic) bond motifs is 1. The molecule has 6 nitrogen and oxygen atoms in total. The van der Waals surface area contributed by atoms with Crippen molar-refractivity contribution in [3.05, 3.63) is 72.4 Å². The second-order valence-electron chi connectivity index (χ2n) is 8.76. The Bertz CT molecular complexity index is 1230. The maximum atomic E-state index is 13.3. The van der Waals surface area contributed by atoms with Crippen LogP contribution in [-0.4, -0.2) is 37.3 Å². The molecule has 5 rings (SSSR count). The topological polar surface area (TPSA) is 79.4 Å². The van der Waals surface area contributed by atoms with Crippen LogP contribution in [0.15, 0.2) is 71.8 Å². The Morgan fingerprint density at radius 1 is 0.969 bits per heavy atom. The number of nitrogens with zero attached hydrogens (tertiary/aromatic N) is 2. The maximum Gasteiger partial charge on any atom is 0.242 e. The third kappa shape index (κ3) is 3.49. The van der Waals surface area contributed by atoms with Gasteiger partial charge in [0, 0.05) is 24.7 Å². The van der Waals surface area contributed by atoms with Gasteiger partial charge in [-0.1, -0.05) is 67.8 Å². The predicted octanol–water partition coefficient (Wildman–Crippen LogP) is 4.05. The quantitative estimate of drug-likeness (QED) is 0.576. The molecule has 1 saturated carbocycles. The van der Waals surface area contributed by atoms with Gasteiger partial charge in [0.25, 0.3) is 0 Å². The largest absolute Gasteiger partial charge is 0.333 e. The molecular formula is C25H27N3O3S. The molecule has 1 aliphatic heterocycles. The number of aromatic nitrogens is 1. The molecule has 7 heteroatoms. The first-order valence-electron chi connectivity index (χ1n) is 11.2. The van der Waals surface area contributed by atoms with Crippen molar-refractivity contribution < 1.29 is 13.2 Å². The Labute approximate surface area is 188 Å². The molecule has 2 fully saturated rings. The van der Waals surface area contributed by atoms with E-state index in [1.165, 1.54) is 6.42 Å². The fourth-order valence-corrected chi connectivity index (χ4v) is 6.66. The summed E-state index contributed by atoms with van der Waals surface area (Å²) < 4.78 is 28.7. The fourth-order valence-electron chi connectivity index (χ4n) is 5.46. The van der Waals surface area contributed by atoms with Crippen molar-refractivity contribution in [2.75, 3.05) is 13.1 Å². The summed E-state index contributed by atoms with van der Waals surface area (Å²) in [6.07, 6.45) is 6.74. The first kappa shape index (κ1) is 21.1. The molecule has 32 heavy (non-hydrogen) atoms. The van der Waals surface area contributed by atoms with E-state index >= 15 is 0 Å². The second-order valence-corrected chi connectivity index (χ2v) is 10.5. The van der Waals surface area contributed by atoms with Crippen LogP contribution in [0.4, 0.5) is 0 Å². The number of pyridine rings is 1. The van der Waals surface area contributed by atoms with Crippen molar-refractivity contribution in [1.29, 1.82) is 0 Å². The first-order chi connectivity index (χ1) is 15.5. The van der Waals surface area contributed by atoms with Crippen LogP contribution in [-0.2, 0) is 14.8 Å². The number of nitrogens with one attached hydrogen (secondary N) is 1. The standard InChI is InChI=1S/C25H27N3O3S/c29-24-25(14-5-2-6-15-25)23(20-9-3-1-4-10-20)28(24)18-17-27-32(30,31)21-13-7-11-19-12-8-16-26-22(19)21/h1,3-4,7-13,16,23,27H,2,5-6,14-15,17-18H2. The summed E-state index contributed by atoms with van der Waals surface area (Å²) >= 11 is 0. The van der Waals surface area contributed by atoms with Gasteiger partial charge in [0.05, 0.1) is 17.0 Å². The zero-order valence-electron chi connectivity index (χ0n) is 17.9. The molecule has 1 saturated heterocycles. The first-order valence-corrected chi connectivity index (χ1v) is 12.7. The predicted molar refractivity (Wildman–Crippen MR) is 123 cm³/mol. The van der Waals surface area contributed by atoms with Crippen LogP contribution in [0.25, 0.3) is 10.9 Å². The Kier molecular flexibility index (Phi) is 5.47. The molecule has 0 radical (unpaired) electrons. The number of likely N-dealkylation sites (tertiary alicyclic amines) is 1. The van der Waals surface area contributed by atoms with E-state index in [-0.39, 0.29) is 28.8 Å². The lowest BCUT2D eigenvalue weighted by Gasteiger charge is -2.58. The van der Waals surface area contributed by atoms with Crippen molar-refractivity contribution in [2.24, 2.45) is 5.41 Å². The number of benzene rings is 2. The minimum atomic E-state index is -3.75. The van der Waals surface area contributed by atoms with Gasteiger partial charge >= 0.3 is 0 Å². The molecule has 1 atom stereocenters. The molecule has 1 unspecified atom stereocenters. The smallest absolute Gasteiger partial charge is 0.242 e. The Morgan fingerprint density at radius 2 is 1.72 bits per heavy atom. The number of β-lactam (4-membered cyclic amide) rings is 1. The molecule has 2 aliphatic rings. The van der Waals surface area contributed by atoms with Crippen LogP contribution in [0.3, 0.4) is 0 Å². The molecule has 1 spiro atoms. The van der Waals surface area contributed by atoms with E-state index in [1.54, 1.807) is 24.4 Å². The number of sulfonamides is 1. The average Bonchev–Trinajstić information content (AvgIpc) is 2.84. The Balaban J connectivity index is 1.34. The normalized spacial score (nSPS) is 20.4. The zero-order valence-corrected chi connectivity index (χ0v) is 18.7. The maximum absolute atomic E-state index is 13.3. The zero-order chi connectivity index (χ0) is 22.2. The monoisotopic (exact) mass is 449 g/mol. The lowest BCUT2D eigenvalue weighted by molar-refractivity contribution is -0.178. The molecule has 2 aromatic carbocycles. The van der Waals surface area contributed by atoms with Gasteiger partial charge in [-0.25, -0.2) is 13.1 Å². The molecule has 1 aliphatic carbocycles. The third-order valence-electron chi connectivity index (χ3n) is 6.91. The van der Waals surface area contributed by atoms with Gasteiger partial charge < -0.3 is 4.90 Å². The van der Waals surface area contributed by atoms with Crippen LogP contribution in [0.2, 0.25) is 0 Å². The molecular weight excluding hydrogens is 422 g/mol. The number of para-hydroxylation sites is 1. The molecule has 3 aromatic rings. The number of hydrogen-bond acceptors (Lipinski definition) is 4. The number of rotatable bonds is 6. The van der Waals surface area contributed by atoms with Crippen LogP contribution >= 0.6 is 0 Å². The van der Waals surface area contributed by atoms with Crippen molar-refractivity contribution in [1.82, 2.24) is 14.6 Å². The van der Waals surface area contributed by atoms with Gasteiger partial charge in [0.1, 0.15) is 4.90 Å². The van der Waals surface area contributed by atoms with Gasteiger partial charge in [-0.05, 0) is 30.5 Å². The lowest BCUT2D eigenvalue weighted by atomic mass is 9.60. The van der Waals surface area contributed by atoms with E-state index in [9.17, 15) is 13.2 Å². The van der Waals surface area contributed by atoms with Crippen LogP contribution < -0.4 is 4.72 Å². The van der Waals surface area contributed by atoms with Gasteiger partial charge in [0.2, 0.25) is 15.9 Å². The third-order valence-corrected chi connectivity index (χ3v) is 8.41. The minimum absolute atomic E-state index is 0.0141. The van der Waals surface area contributed by atoms with Gasteiger partial charge in [-0.2, -0.15) is 0 Å². The summed E-state index contributed by atoms with van der Waals surface area (Å²) in [5, 5.41) is 0.775. The SMILES string of the molecule is O=C1N(CCNS(=O)(=O)c2cccc3cccnc23)C(c2ccccc2)C12CCCCC2. The number of hydrogen-bond donors (Lipinski definition) is 1. The summed E-state index contributed by atoms with van der Waals surface area (Å²) in [7, 11) is -3.75. The molecule has 1 aromatic heterocycles. The summed E-state index contributed by atoms with van der Waals surface area (Å²) in [5.74, 6) is 0.164. The molecule has 2 heterocycles. The number of carbonyl (C=O) groups is 1. The van der Waals surface area contributed by atoms with Crippen LogP contribution in [0, 0.1) is 5.41 Å². The van der Waals surface area contributed by atoms with Crippen molar-refractivity contribution in [2.45, 2.75) is 43.0 Å². The summed E-state index contributed by atoms with van der Waals surface area (Å²) in [5.41, 5.74) is 1.26. The van der Waals surface area contributed by atoms with Crippen LogP contribution in [0.1, 0.15) is 43.7 Å². The summed E-state index contributed by atoms with van der Waals surface area (Å²) in [6, 6.07) is 18.9. The second kappa shape index (κ2) is 8.30. The van der Waals surface area contributed by atoms with E-state index in [2.05, 4.69) is 21.8 Å². The van der Waals surface area contributed by atoms with Gasteiger partial charge in [-0.15, -0.1) is 0 Å². The Hall–Kier alpha value is -2.77. The van der Waals surface area contributed by atoms with Crippen molar-refractivity contribution >= 4 is 26.8 Å². The minimum Gasteiger partial charge on any atom is -0.333 e. The molecule has 166 valence electrons.